The van der Waals surface area contributed by atoms with Gasteiger partial charge < -0.3 is 15.5 Å². The number of benzene rings is 1. The molecule has 110 valence electrons. The Balaban J connectivity index is 2.04. The van der Waals surface area contributed by atoms with Gasteiger partial charge in [0.1, 0.15) is 5.82 Å². The molecule has 1 heterocycles. The maximum absolute atomic E-state index is 13.0. The van der Waals surface area contributed by atoms with Crippen LogP contribution in [0.25, 0.3) is 0 Å². The monoisotopic (exact) mass is 278 g/mol. The van der Waals surface area contributed by atoms with Crippen molar-refractivity contribution in [3.05, 3.63) is 35.6 Å². The predicted molar refractivity (Wildman–Crippen MR) is 80.1 cm³/mol. The quantitative estimate of drug-likeness (QED) is 0.863. The van der Waals surface area contributed by atoms with Gasteiger partial charge in [-0.2, -0.15) is 0 Å². The summed E-state index contributed by atoms with van der Waals surface area (Å²) in [5.41, 5.74) is 7.05. The highest BCUT2D eigenvalue weighted by molar-refractivity contribution is 5.80. The average molecular weight is 278 g/mol. The van der Waals surface area contributed by atoms with Gasteiger partial charge >= 0.3 is 0 Å². The van der Waals surface area contributed by atoms with E-state index in [1.807, 2.05) is 12.1 Å². The minimum atomic E-state index is -0.213. The molecule has 2 N–H and O–H groups in total. The largest absolute Gasteiger partial charge is 0.370 e. The Labute approximate surface area is 120 Å². The lowest BCUT2D eigenvalue weighted by atomic mass is 10.1. The molecule has 0 spiro atoms. The molecule has 20 heavy (non-hydrogen) atoms. The molecule has 0 saturated carbocycles. The molecule has 5 heteroatoms. The molecule has 0 saturated heterocycles. The third-order valence-electron chi connectivity index (χ3n) is 3.90. The molecular formula is C15H23FN4. The van der Waals surface area contributed by atoms with Crippen LogP contribution in [0.4, 0.5) is 4.39 Å². The lowest BCUT2D eigenvalue weighted by Gasteiger charge is -2.29. The van der Waals surface area contributed by atoms with Crippen molar-refractivity contribution in [2.75, 3.05) is 32.7 Å². The van der Waals surface area contributed by atoms with Gasteiger partial charge in [-0.05, 0) is 30.8 Å². The maximum atomic E-state index is 13.0. The van der Waals surface area contributed by atoms with Gasteiger partial charge in [-0.25, -0.2) is 4.39 Å². The molecule has 0 radical (unpaired) electrons. The van der Waals surface area contributed by atoms with E-state index in [2.05, 4.69) is 28.6 Å². The Hall–Kier alpha value is -1.62. The van der Waals surface area contributed by atoms with Gasteiger partial charge in [-0.3, -0.25) is 4.99 Å². The molecule has 1 atom stereocenters. The van der Waals surface area contributed by atoms with E-state index < -0.39 is 0 Å². The van der Waals surface area contributed by atoms with Crippen molar-refractivity contribution >= 4 is 5.96 Å². The first-order valence-electron chi connectivity index (χ1n) is 7.20. The van der Waals surface area contributed by atoms with E-state index in [-0.39, 0.29) is 11.9 Å². The number of halogens is 1. The average Bonchev–Trinajstić information content (AvgIpc) is 2.82. The van der Waals surface area contributed by atoms with Crippen molar-refractivity contribution in [3.8, 4) is 0 Å². The first-order chi connectivity index (χ1) is 9.65. The molecule has 0 bridgehead atoms. The van der Waals surface area contributed by atoms with E-state index in [0.29, 0.717) is 12.5 Å². The number of nitrogens with zero attached hydrogens (tertiary/aromatic N) is 3. The van der Waals surface area contributed by atoms with E-state index >= 15 is 0 Å². The van der Waals surface area contributed by atoms with Gasteiger partial charge in [-0.1, -0.05) is 26.0 Å². The molecule has 1 aromatic carbocycles. The van der Waals surface area contributed by atoms with Crippen molar-refractivity contribution in [1.82, 2.24) is 9.80 Å². The van der Waals surface area contributed by atoms with Crippen molar-refractivity contribution in [3.63, 3.8) is 0 Å². The molecule has 1 aliphatic heterocycles. The van der Waals surface area contributed by atoms with E-state index in [1.54, 1.807) is 0 Å². The second kappa shape index (κ2) is 6.70. The van der Waals surface area contributed by atoms with Crippen LogP contribution >= 0.6 is 0 Å². The second-order valence-corrected chi connectivity index (χ2v) is 4.99. The number of nitrogens with two attached hydrogens (primary N) is 1. The van der Waals surface area contributed by atoms with Gasteiger partial charge in [0.05, 0.1) is 12.6 Å². The normalized spacial score (nSPS) is 18.7. The van der Waals surface area contributed by atoms with E-state index in [4.69, 9.17) is 5.73 Å². The molecule has 0 aromatic heterocycles. The van der Waals surface area contributed by atoms with Crippen LogP contribution in [0.15, 0.2) is 29.3 Å². The first-order valence-corrected chi connectivity index (χ1v) is 7.20. The topological polar surface area (TPSA) is 44.9 Å². The zero-order valence-electron chi connectivity index (χ0n) is 12.2. The van der Waals surface area contributed by atoms with Crippen LogP contribution in [0, 0.1) is 5.82 Å². The van der Waals surface area contributed by atoms with Crippen LogP contribution in [0.1, 0.15) is 25.5 Å². The highest BCUT2D eigenvalue weighted by Crippen LogP contribution is 2.25. The Morgan fingerprint density at radius 2 is 1.95 bits per heavy atom. The Kier molecular flexibility index (Phi) is 4.95. The fraction of sp³-hybridized carbons (Fsp3) is 0.533. The van der Waals surface area contributed by atoms with Crippen molar-refractivity contribution in [2.45, 2.75) is 19.9 Å². The summed E-state index contributed by atoms with van der Waals surface area (Å²) in [6, 6.07) is 6.75. The fourth-order valence-electron chi connectivity index (χ4n) is 2.56. The summed E-state index contributed by atoms with van der Waals surface area (Å²) in [7, 11) is 0. The Morgan fingerprint density at radius 1 is 1.30 bits per heavy atom. The number of hydrogen-bond acceptors (Lipinski definition) is 4. The molecule has 1 aliphatic rings. The molecular weight excluding hydrogens is 255 g/mol. The van der Waals surface area contributed by atoms with Gasteiger partial charge in [0.2, 0.25) is 0 Å². The number of rotatable bonds is 6. The zero-order valence-corrected chi connectivity index (χ0v) is 12.2. The van der Waals surface area contributed by atoms with Crippen LogP contribution in [0.2, 0.25) is 0 Å². The number of likely N-dealkylation sites (N-methyl/N-ethyl adjacent to an activating group) is 1. The molecule has 0 aliphatic carbocycles. The SMILES string of the molecule is CCN(CC)CCN1C(N)=NCC1c1ccc(F)cc1. The first kappa shape index (κ1) is 14.8. The predicted octanol–water partition coefficient (Wildman–Crippen LogP) is 1.84. The summed E-state index contributed by atoms with van der Waals surface area (Å²) in [4.78, 5) is 8.81. The lowest BCUT2D eigenvalue weighted by Crippen LogP contribution is -2.41. The molecule has 2 rings (SSSR count). The molecule has 1 unspecified atom stereocenters. The minimum Gasteiger partial charge on any atom is -0.370 e. The Morgan fingerprint density at radius 3 is 2.55 bits per heavy atom. The molecule has 4 nitrogen and oxygen atoms in total. The summed E-state index contributed by atoms with van der Waals surface area (Å²) in [6.07, 6.45) is 0. The summed E-state index contributed by atoms with van der Waals surface area (Å²) in [5, 5.41) is 0. The summed E-state index contributed by atoms with van der Waals surface area (Å²) < 4.78 is 13.0. The molecule has 0 amide bonds. The fourth-order valence-corrected chi connectivity index (χ4v) is 2.56. The summed E-state index contributed by atoms with van der Waals surface area (Å²) in [6.45, 7) is 8.83. The van der Waals surface area contributed by atoms with Crippen LogP contribution in [-0.4, -0.2) is 48.5 Å². The van der Waals surface area contributed by atoms with E-state index in [1.165, 1.54) is 12.1 Å². The van der Waals surface area contributed by atoms with Crippen molar-refractivity contribution in [2.24, 2.45) is 10.7 Å². The Bertz CT molecular complexity index is 453. The summed E-state index contributed by atoms with van der Waals surface area (Å²) >= 11 is 0. The van der Waals surface area contributed by atoms with Crippen molar-refractivity contribution in [1.29, 1.82) is 0 Å². The van der Waals surface area contributed by atoms with E-state index in [9.17, 15) is 4.39 Å². The van der Waals surface area contributed by atoms with Gasteiger partial charge in [0.25, 0.3) is 0 Å². The van der Waals surface area contributed by atoms with Gasteiger partial charge in [-0.15, -0.1) is 0 Å². The number of aliphatic imine (C=N–C) groups is 1. The third kappa shape index (κ3) is 3.28. The second-order valence-electron chi connectivity index (χ2n) is 4.99. The number of guanidine groups is 1. The molecule has 0 fully saturated rings. The van der Waals surface area contributed by atoms with Crippen molar-refractivity contribution < 1.29 is 4.39 Å². The van der Waals surface area contributed by atoms with Crippen LogP contribution in [0.3, 0.4) is 0 Å². The van der Waals surface area contributed by atoms with Gasteiger partial charge in [0, 0.05) is 13.1 Å². The highest BCUT2D eigenvalue weighted by atomic mass is 19.1. The standard InChI is InChI=1S/C15H23FN4/c1-3-19(4-2)9-10-20-14(11-18-15(20)17)12-5-7-13(16)8-6-12/h5-8,14H,3-4,9-11H2,1-2H3,(H2,17,18). The smallest absolute Gasteiger partial charge is 0.191 e. The summed E-state index contributed by atoms with van der Waals surface area (Å²) in [5.74, 6) is 0.377. The van der Waals surface area contributed by atoms with Crippen LogP contribution < -0.4 is 5.73 Å². The lowest BCUT2D eigenvalue weighted by molar-refractivity contribution is 0.248. The zero-order chi connectivity index (χ0) is 14.5. The molecule has 1 aromatic rings. The highest BCUT2D eigenvalue weighted by Gasteiger charge is 2.27. The third-order valence-corrected chi connectivity index (χ3v) is 3.90. The van der Waals surface area contributed by atoms with Crippen LogP contribution in [0.5, 0.6) is 0 Å². The minimum absolute atomic E-state index is 0.131. The van der Waals surface area contributed by atoms with E-state index in [0.717, 1.165) is 31.7 Å². The maximum Gasteiger partial charge on any atom is 0.191 e. The van der Waals surface area contributed by atoms with Gasteiger partial charge in [0.15, 0.2) is 5.96 Å². The van der Waals surface area contributed by atoms with Crippen LogP contribution in [-0.2, 0) is 0 Å². The number of hydrogen-bond donors (Lipinski definition) is 1.